The Kier molecular flexibility index (Phi) is 8.21. The lowest BCUT2D eigenvalue weighted by Crippen LogP contribution is -2.57. The molecule has 1 aliphatic heterocycles. The van der Waals surface area contributed by atoms with Crippen LogP contribution >= 0.6 is 0 Å². The number of nitrogens with zero attached hydrogens (tertiary/aromatic N) is 3. The summed E-state index contributed by atoms with van der Waals surface area (Å²) in [6.07, 6.45) is -0.260. The van der Waals surface area contributed by atoms with E-state index in [1.54, 1.807) is 24.1 Å². The van der Waals surface area contributed by atoms with Gasteiger partial charge in [-0.05, 0) is 60.2 Å². The van der Waals surface area contributed by atoms with Crippen molar-refractivity contribution in [2.75, 3.05) is 31.1 Å². The third kappa shape index (κ3) is 6.34. The topological polar surface area (TPSA) is 130 Å². The van der Waals surface area contributed by atoms with E-state index in [1.807, 2.05) is 48.5 Å². The first-order valence-corrected chi connectivity index (χ1v) is 12.8. The highest BCUT2D eigenvalue weighted by Crippen LogP contribution is 2.21. The number of carboxylic acids is 1. The molecule has 2 atom stereocenters. The summed E-state index contributed by atoms with van der Waals surface area (Å²) in [7, 11) is 0. The van der Waals surface area contributed by atoms with Gasteiger partial charge in [-0.15, -0.1) is 0 Å². The van der Waals surface area contributed by atoms with Gasteiger partial charge in [-0.2, -0.15) is 4.41 Å². The number of aliphatic carboxylic acids is 1. The second-order valence-corrected chi connectivity index (χ2v) is 9.62. The molecule has 0 radical (unpaired) electrons. The fraction of sp³-hybridized carbons (Fsp3) is 0.259. The molecule has 192 valence electrons. The zero-order chi connectivity index (χ0) is 26.5. The summed E-state index contributed by atoms with van der Waals surface area (Å²) in [6.45, 7) is 3.70. The van der Waals surface area contributed by atoms with E-state index in [-0.39, 0.29) is 6.42 Å². The highest BCUT2D eigenvalue weighted by Gasteiger charge is 2.28. The van der Waals surface area contributed by atoms with Gasteiger partial charge in [0.25, 0.3) is 0 Å². The number of piperazine rings is 1. The first-order valence-electron chi connectivity index (χ1n) is 11.8. The molecule has 10 heteroatoms. The van der Waals surface area contributed by atoms with E-state index < -0.39 is 29.2 Å². The van der Waals surface area contributed by atoms with Crippen LogP contribution in [0.3, 0.4) is 0 Å². The molecule has 1 amide bonds. The Labute approximate surface area is 217 Å². The van der Waals surface area contributed by atoms with Gasteiger partial charge in [-0.3, -0.25) is 13.8 Å². The average Bonchev–Trinajstić information content (AvgIpc) is 2.87. The zero-order valence-electron chi connectivity index (χ0n) is 20.3. The Bertz CT molecular complexity index is 1390. The molecular weight excluding hydrogens is 492 g/mol. The summed E-state index contributed by atoms with van der Waals surface area (Å²) in [5.74, 6) is 4.82. The molecule has 4 rings (SSSR count). The minimum atomic E-state index is -2.54. The number of carbonyl (C=O) groups is 2. The van der Waals surface area contributed by atoms with Crippen molar-refractivity contribution < 1.29 is 23.5 Å². The quantitative estimate of drug-likeness (QED) is 0.362. The standard InChI is InChI=1S/C27H28N4O5S/c1-19(17-26(32)33)31(37(35)36)30-15-13-29(14-16-30)23-10-7-20(8-11-23)5-6-21-9-12-24-22(18-21)3-2-4-25(24)27(28)34/h2-4,7-12,18-19H,13-17H2,1H3,(H2,28,34)(H,32,33)(H,35,36)/p-1. The van der Waals surface area contributed by atoms with Crippen LogP contribution in [0.4, 0.5) is 5.69 Å². The number of carboxylic acid groups (broad SMARTS) is 1. The molecule has 3 aromatic carbocycles. The number of hydrogen-bond donors (Lipinski definition) is 2. The van der Waals surface area contributed by atoms with Crippen molar-refractivity contribution >= 4 is 39.6 Å². The minimum Gasteiger partial charge on any atom is -0.759 e. The number of amides is 1. The molecule has 0 bridgehead atoms. The molecule has 3 aromatic rings. The number of hydrazine groups is 1. The van der Waals surface area contributed by atoms with Crippen molar-refractivity contribution in [1.29, 1.82) is 0 Å². The summed E-state index contributed by atoms with van der Waals surface area (Å²) in [6, 6.07) is 18.3. The fourth-order valence-corrected chi connectivity index (χ4v) is 5.20. The van der Waals surface area contributed by atoms with Crippen LogP contribution in [0.2, 0.25) is 0 Å². The summed E-state index contributed by atoms with van der Waals surface area (Å²) < 4.78 is 24.6. The second-order valence-electron chi connectivity index (χ2n) is 8.81. The highest BCUT2D eigenvalue weighted by atomic mass is 32.2. The molecule has 0 aromatic heterocycles. The Morgan fingerprint density at radius 3 is 2.32 bits per heavy atom. The van der Waals surface area contributed by atoms with Gasteiger partial charge in [0, 0.05) is 65.9 Å². The number of hydrogen-bond acceptors (Lipinski definition) is 6. The SMILES string of the molecule is CC(CC(=O)O)N(N1CCN(c2ccc(C#Cc3ccc4c(C(N)=O)cccc4c3)cc2)CC1)S(=O)[O-]. The van der Waals surface area contributed by atoms with Gasteiger partial charge in [0.15, 0.2) is 0 Å². The van der Waals surface area contributed by atoms with Crippen molar-refractivity contribution in [3.8, 4) is 11.8 Å². The van der Waals surface area contributed by atoms with Crippen LogP contribution in [0, 0.1) is 11.8 Å². The van der Waals surface area contributed by atoms with Crippen LogP contribution in [-0.4, -0.2) is 67.4 Å². The molecule has 9 nitrogen and oxygen atoms in total. The number of carbonyl (C=O) groups excluding carboxylic acids is 1. The minimum absolute atomic E-state index is 0.260. The van der Waals surface area contributed by atoms with Crippen LogP contribution in [0.15, 0.2) is 60.7 Å². The van der Waals surface area contributed by atoms with Gasteiger partial charge < -0.3 is 20.3 Å². The van der Waals surface area contributed by atoms with Crippen LogP contribution in [0.25, 0.3) is 10.8 Å². The lowest BCUT2D eigenvalue weighted by molar-refractivity contribution is -0.139. The van der Waals surface area contributed by atoms with Gasteiger partial charge in [0.2, 0.25) is 5.91 Å². The Morgan fingerprint density at radius 2 is 1.70 bits per heavy atom. The normalized spacial score (nSPS) is 15.7. The maximum Gasteiger partial charge on any atom is 0.305 e. The van der Waals surface area contributed by atoms with Gasteiger partial charge in [0.1, 0.15) is 0 Å². The molecule has 1 fully saturated rings. The number of benzene rings is 3. The van der Waals surface area contributed by atoms with E-state index in [2.05, 4.69) is 16.7 Å². The Balaban J connectivity index is 1.40. The average molecular weight is 520 g/mol. The van der Waals surface area contributed by atoms with E-state index >= 15 is 0 Å². The zero-order valence-corrected chi connectivity index (χ0v) is 21.1. The molecule has 1 heterocycles. The summed E-state index contributed by atoms with van der Waals surface area (Å²) >= 11 is -2.54. The number of rotatable bonds is 7. The van der Waals surface area contributed by atoms with Crippen LogP contribution < -0.4 is 10.6 Å². The number of anilines is 1. The third-order valence-corrected chi connectivity index (χ3v) is 7.16. The summed E-state index contributed by atoms with van der Waals surface area (Å²) in [4.78, 5) is 24.8. The molecule has 37 heavy (non-hydrogen) atoms. The Hall–Kier alpha value is -3.75. The smallest absolute Gasteiger partial charge is 0.305 e. The number of primary amides is 1. The van der Waals surface area contributed by atoms with Crippen molar-refractivity contribution in [3.63, 3.8) is 0 Å². The van der Waals surface area contributed by atoms with Crippen molar-refractivity contribution in [2.45, 2.75) is 19.4 Å². The van der Waals surface area contributed by atoms with E-state index in [0.29, 0.717) is 31.7 Å². The molecule has 1 aliphatic rings. The van der Waals surface area contributed by atoms with E-state index in [4.69, 9.17) is 10.8 Å². The van der Waals surface area contributed by atoms with Gasteiger partial charge >= 0.3 is 5.97 Å². The monoisotopic (exact) mass is 519 g/mol. The van der Waals surface area contributed by atoms with E-state index in [1.165, 1.54) is 0 Å². The predicted molar refractivity (Wildman–Crippen MR) is 141 cm³/mol. The third-order valence-electron chi connectivity index (χ3n) is 6.26. The predicted octanol–water partition coefficient (Wildman–Crippen LogP) is 2.33. The maximum atomic E-state index is 11.7. The maximum absolute atomic E-state index is 11.7. The second kappa shape index (κ2) is 11.5. The summed E-state index contributed by atoms with van der Waals surface area (Å²) in [5.41, 5.74) is 8.62. The van der Waals surface area contributed by atoms with Crippen LogP contribution in [0.5, 0.6) is 0 Å². The van der Waals surface area contributed by atoms with Crippen molar-refractivity contribution in [3.05, 3.63) is 77.4 Å². The van der Waals surface area contributed by atoms with Crippen LogP contribution in [-0.2, 0) is 16.1 Å². The number of nitrogens with two attached hydrogens (primary N) is 1. The molecule has 0 spiro atoms. The van der Waals surface area contributed by atoms with Gasteiger partial charge in [-0.1, -0.05) is 30.0 Å². The molecule has 3 N–H and O–H groups in total. The molecule has 2 unspecified atom stereocenters. The van der Waals surface area contributed by atoms with Crippen molar-refractivity contribution in [2.24, 2.45) is 5.73 Å². The van der Waals surface area contributed by atoms with E-state index in [9.17, 15) is 18.4 Å². The van der Waals surface area contributed by atoms with Crippen LogP contribution in [0.1, 0.15) is 34.8 Å². The largest absolute Gasteiger partial charge is 0.759 e. The number of fused-ring (bicyclic) bond motifs is 1. The first-order chi connectivity index (χ1) is 17.7. The van der Waals surface area contributed by atoms with Crippen molar-refractivity contribution in [1.82, 2.24) is 9.42 Å². The molecular formula is C27H27N4O5S-. The Morgan fingerprint density at radius 1 is 1.05 bits per heavy atom. The molecule has 0 aliphatic carbocycles. The summed E-state index contributed by atoms with van der Waals surface area (Å²) in [5, 5.41) is 12.4. The fourth-order valence-electron chi connectivity index (χ4n) is 4.48. The lowest BCUT2D eigenvalue weighted by Gasteiger charge is -2.44. The molecule has 1 saturated heterocycles. The molecule has 0 saturated carbocycles. The highest BCUT2D eigenvalue weighted by molar-refractivity contribution is 7.76. The van der Waals surface area contributed by atoms with E-state index in [0.717, 1.165) is 32.0 Å². The lowest BCUT2D eigenvalue weighted by atomic mass is 10.0. The van der Waals surface area contributed by atoms with Gasteiger partial charge in [-0.25, -0.2) is 5.01 Å². The van der Waals surface area contributed by atoms with Gasteiger partial charge in [0.05, 0.1) is 6.42 Å². The first kappa shape index (κ1) is 26.3.